The Morgan fingerprint density at radius 2 is 2.57 bits per heavy atom. The molecule has 1 amide bonds. The second-order valence-electron chi connectivity index (χ2n) is 2.58. The van der Waals surface area contributed by atoms with Crippen LogP contribution in [0.4, 0.5) is 0 Å². The number of amides is 1. The Labute approximate surface area is 80.5 Å². The molecule has 1 rings (SSSR count). The number of hydrogen-bond acceptors (Lipinski definition) is 3. The fourth-order valence-corrected chi connectivity index (χ4v) is 0.892. The van der Waals surface area contributed by atoms with Crippen LogP contribution < -0.4 is 5.32 Å². The summed E-state index contributed by atoms with van der Waals surface area (Å²) in [6.45, 7) is 0.880. The average molecular weight is 194 g/mol. The molecule has 1 heterocycles. The van der Waals surface area contributed by atoms with Gasteiger partial charge in [-0.2, -0.15) is 0 Å². The quantitative estimate of drug-likeness (QED) is 0.334. The number of hydrogen-bond donors (Lipinski definition) is 1. The summed E-state index contributed by atoms with van der Waals surface area (Å²) >= 11 is 0. The third-order valence-corrected chi connectivity index (χ3v) is 1.57. The predicted octanol–water partition coefficient (Wildman–Crippen LogP) is 1.71. The highest BCUT2D eigenvalue weighted by atomic mass is 16.3. The van der Waals surface area contributed by atoms with E-state index in [9.17, 15) is 4.79 Å². The lowest BCUT2D eigenvalue weighted by molar-refractivity contribution is 0.0953. The molecule has 0 aromatic carbocycles. The van der Waals surface area contributed by atoms with Crippen molar-refractivity contribution >= 4 is 5.91 Å². The molecular weight excluding hydrogens is 184 g/mol. The summed E-state index contributed by atoms with van der Waals surface area (Å²) in [5.74, 6) is -0.181. The molecule has 0 bridgehead atoms. The van der Waals surface area contributed by atoms with Crippen molar-refractivity contribution in [2.45, 2.75) is 6.42 Å². The first-order chi connectivity index (χ1) is 6.84. The molecule has 0 aliphatic rings. The summed E-state index contributed by atoms with van der Waals surface area (Å²) in [5, 5.41) is 6.00. The van der Waals surface area contributed by atoms with Crippen LogP contribution in [0.3, 0.4) is 0 Å². The van der Waals surface area contributed by atoms with E-state index in [0.717, 1.165) is 0 Å². The summed E-state index contributed by atoms with van der Waals surface area (Å²) < 4.78 is 4.75. The Bertz CT molecular complexity index is 327. The third kappa shape index (κ3) is 3.20. The zero-order chi connectivity index (χ0) is 10.2. The van der Waals surface area contributed by atoms with Crippen LogP contribution in [-0.4, -0.2) is 19.0 Å². The minimum Gasteiger partial charge on any atom is -0.472 e. The zero-order valence-corrected chi connectivity index (χ0v) is 7.51. The second kappa shape index (κ2) is 5.66. The molecule has 0 radical (unpaired) electrons. The molecule has 0 aliphatic carbocycles. The first kappa shape index (κ1) is 10.1. The number of nitrogens with one attached hydrogen (secondary N) is 1. The average Bonchev–Trinajstić information content (AvgIpc) is 2.70. The number of nitrogens with zero attached hydrogens (tertiary/aromatic N) is 3. The second-order valence-corrected chi connectivity index (χ2v) is 2.58. The van der Waals surface area contributed by atoms with E-state index in [1.165, 1.54) is 12.5 Å². The maximum atomic E-state index is 11.3. The highest BCUT2D eigenvalue weighted by molar-refractivity contribution is 5.93. The standard InChI is InChI=1S/C8H10N4O2/c9-12-11-4-1-3-10-8(13)7-2-5-14-6-7/h2,5-6H,1,3-4H2,(H,10,13). The van der Waals surface area contributed by atoms with Crippen LogP contribution in [0.5, 0.6) is 0 Å². The molecule has 0 spiro atoms. The molecule has 14 heavy (non-hydrogen) atoms. The van der Waals surface area contributed by atoms with Crippen molar-refractivity contribution in [2.75, 3.05) is 13.1 Å². The van der Waals surface area contributed by atoms with Gasteiger partial charge >= 0.3 is 0 Å². The Morgan fingerprint density at radius 1 is 1.71 bits per heavy atom. The summed E-state index contributed by atoms with van der Waals surface area (Å²) in [6.07, 6.45) is 3.45. The number of carbonyl (C=O) groups is 1. The van der Waals surface area contributed by atoms with E-state index in [0.29, 0.717) is 25.1 Å². The molecule has 74 valence electrons. The Kier molecular flexibility index (Phi) is 4.10. The van der Waals surface area contributed by atoms with Gasteiger partial charge in [-0.05, 0) is 18.0 Å². The molecule has 6 nitrogen and oxygen atoms in total. The lowest BCUT2D eigenvalue weighted by Gasteiger charge is -2.00. The van der Waals surface area contributed by atoms with E-state index in [4.69, 9.17) is 9.95 Å². The van der Waals surface area contributed by atoms with Crippen LogP contribution >= 0.6 is 0 Å². The van der Waals surface area contributed by atoms with E-state index in [2.05, 4.69) is 15.3 Å². The minimum atomic E-state index is -0.181. The molecule has 0 unspecified atom stereocenters. The summed E-state index contributed by atoms with van der Waals surface area (Å²) in [5.41, 5.74) is 8.48. The highest BCUT2D eigenvalue weighted by Gasteiger charge is 2.04. The van der Waals surface area contributed by atoms with Gasteiger partial charge in [0.1, 0.15) is 6.26 Å². The lowest BCUT2D eigenvalue weighted by Crippen LogP contribution is -2.24. The van der Waals surface area contributed by atoms with Crippen LogP contribution in [0.2, 0.25) is 0 Å². The van der Waals surface area contributed by atoms with Gasteiger partial charge in [-0.3, -0.25) is 4.79 Å². The molecule has 0 atom stereocenters. The van der Waals surface area contributed by atoms with Gasteiger partial charge < -0.3 is 9.73 Å². The number of rotatable bonds is 5. The Morgan fingerprint density at radius 3 is 3.21 bits per heavy atom. The van der Waals surface area contributed by atoms with Crippen LogP contribution in [0, 0.1) is 0 Å². The Balaban J connectivity index is 2.19. The number of azide groups is 1. The van der Waals surface area contributed by atoms with Gasteiger partial charge in [0.15, 0.2) is 0 Å². The van der Waals surface area contributed by atoms with Gasteiger partial charge in [0.2, 0.25) is 0 Å². The van der Waals surface area contributed by atoms with Crippen molar-refractivity contribution in [1.82, 2.24) is 5.32 Å². The largest absolute Gasteiger partial charge is 0.472 e. The van der Waals surface area contributed by atoms with Crippen LogP contribution in [0.25, 0.3) is 10.4 Å². The number of furan rings is 1. The van der Waals surface area contributed by atoms with Gasteiger partial charge in [-0.25, -0.2) is 0 Å². The SMILES string of the molecule is [N-]=[N+]=NCCCNC(=O)c1ccoc1. The molecule has 6 heteroatoms. The monoisotopic (exact) mass is 194 g/mol. The fourth-order valence-electron chi connectivity index (χ4n) is 0.892. The molecule has 1 aromatic heterocycles. The fraction of sp³-hybridized carbons (Fsp3) is 0.375. The molecular formula is C8H10N4O2. The molecule has 1 N–H and O–H groups in total. The van der Waals surface area contributed by atoms with E-state index in [1.54, 1.807) is 6.07 Å². The first-order valence-corrected chi connectivity index (χ1v) is 4.16. The van der Waals surface area contributed by atoms with E-state index in [-0.39, 0.29) is 5.91 Å². The predicted molar refractivity (Wildman–Crippen MR) is 49.7 cm³/mol. The van der Waals surface area contributed by atoms with Gasteiger partial charge in [0, 0.05) is 18.0 Å². The van der Waals surface area contributed by atoms with Crippen LogP contribution in [0.15, 0.2) is 28.1 Å². The summed E-state index contributed by atoms with van der Waals surface area (Å²) in [7, 11) is 0. The van der Waals surface area contributed by atoms with Crippen molar-refractivity contribution < 1.29 is 9.21 Å². The van der Waals surface area contributed by atoms with Crippen LogP contribution in [-0.2, 0) is 0 Å². The van der Waals surface area contributed by atoms with E-state index < -0.39 is 0 Å². The van der Waals surface area contributed by atoms with Crippen LogP contribution in [0.1, 0.15) is 16.8 Å². The van der Waals surface area contributed by atoms with Crippen molar-refractivity contribution in [3.05, 3.63) is 34.6 Å². The van der Waals surface area contributed by atoms with Crippen molar-refractivity contribution in [1.29, 1.82) is 0 Å². The maximum absolute atomic E-state index is 11.3. The third-order valence-electron chi connectivity index (χ3n) is 1.57. The lowest BCUT2D eigenvalue weighted by atomic mass is 10.3. The zero-order valence-electron chi connectivity index (χ0n) is 7.51. The summed E-state index contributed by atoms with van der Waals surface area (Å²) in [6, 6.07) is 1.59. The Hall–Kier alpha value is -1.94. The topological polar surface area (TPSA) is 91.0 Å². The molecule has 0 saturated heterocycles. The smallest absolute Gasteiger partial charge is 0.254 e. The van der Waals surface area contributed by atoms with Gasteiger partial charge in [-0.1, -0.05) is 5.11 Å². The maximum Gasteiger partial charge on any atom is 0.254 e. The van der Waals surface area contributed by atoms with E-state index >= 15 is 0 Å². The molecule has 0 saturated carbocycles. The van der Waals surface area contributed by atoms with Crippen molar-refractivity contribution in [3.63, 3.8) is 0 Å². The first-order valence-electron chi connectivity index (χ1n) is 4.16. The highest BCUT2D eigenvalue weighted by Crippen LogP contribution is 1.98. The van der Waals surface area contributed by atoms with E-state index in [1.807, 2.05) is 0 Å². The molecule has 1 aromatic rings. The normalized spacial score (nSPS) is 9.14. The van der Waals surface area contributed by atoms with Crippen molar-refractivity contribution in [3.8, 4) is 0 Å². The van der Waals surface area contributed by atoms with Gasteiger partial charge in [0.25, 0.3) is 5.91 Å². The van der Waals surface area contributed by atoms with Crippen molar-refractivity contribution in [2.24, 2.45) is 5.11 Å². The summed E-state index contributed by atoms with van der Waals surface area (Å²) in [4.78, 5) is 13.9. The minimum absolute atomic E-state index is 0.181. The number of carbonyl (C=O) groups excluding carboxylic acids is 1. The molecule has 0 aliphatic heterocycles. The van der Waals surface area contributed by atoms with Gasteiger partial charge in [0.05, 0.1) is 11.8 Å². The van der Waals surface area contributed by atoms with Gasteiger partial charge in [-0.15, -0.1) is 0 Å². The molecule has 0 fully saturated rings.